The van der Waals surface area contributed by atoms with E-state index >= 15 is 0 Å². The van der Waals surface area contributed by atoms with E-state index in [1.165, 1.54) is 6.07 Å². The van der Waals surface area contributed by atoms with Gasteiger partial charge in [0, 0.05) is 12.1 Å². The van der Waals surface area contributed by atoms with Gasteiger partial charge in [0.1, 0.15) is 17.2 Å². The van der Waals surface area contributed by atoms with Crippen LogP contribution >= 0.6 is 0 Å². The molecule has 1 aliphatic rings. The van der Waals surface area contributed by atoms with Gasteiger partial charge in [-0.15, -0.1) is 0 Å². The van der Waals surface area contributed by atoms with Crippen LogP contribution in [0.1, 0.15) is 22.3 Å². The molecule has 0 atom stereocenters. The Hall–Kier alpha value is -4.32. The number of rotatable bonds is 4. The van der Waals surface area contributed by atoms with Gasteiger partial charge in [-0.25, -0.2) is 0 Å². The van der Waals surface area contributed by atoms with Gasteiger partial charge in [0.25, 0.3) is 5.69 Å². The van der Waals surface area contributed by atoms with E-state index in [1.807, 2.05) is 42.5 Å². The minimum absolute atomic E-state index is 0.00884. The summed E-state index contributed by atoms with van der Waals surface area (Å²) >= 11 is 0. The van der Waals surface area contributed by atoms with Crippen molar-refractivity contribution < 1.29 is 19.9 Å². The Morgan fingerprint density at radius 1 is 0.750 bits per heavy atom. The number of nitro benzene ring substituents is 1. The van der Waals surface area contributed by atoms with Crippen LogP contribution in [-0.4, -0.2) is 22.2 Å². The van der Waals surface area contributed by atoms with E-state index in [1.54, 1.807) is 43.5 Å². The molecule has 2 N–H and O–H groups in total. The number of fused-ring (bicyclic) bond motifs is 3. The highest BCUT2D eigenvalue weighted by molar-refractivity contribution is 5.87. The molecule has 5 rings (SSSR count). The van der Waals surface area contributed by atoms with E-state index in [-0.39, 0.29) is 17.2 Å². The van der Waals surface area contributed by atoms with Gasteiger partial charge in [-0.1, -0.05) is 30.3 Å². The molecule has 0 unspecified atom stereocenters. The molecule has 6 nitrogen and oxygen atoms in total. The summed E-state index contributed by atoms with van der Waals surface area (Å²) in [7, 11) is 1.59. The number of nitrogens with zero attached hydrogens (tertiary/aromatic N) is 1. The van der Waals surface area contributed by atoms with Crippen LogP contribution in [0, 0.1) is 10.1 Å². The second kappa shape index (κ2) is 7.13. The van der Waals surface area contributed by atoms with Gasteiger partial charge in [-0.05, 0) is 75.8 Å². The molecule has 0 spiro atoms. The zero-order chi connectivity index (χ0) is 22.5. The lowest BCUT2D eigenvalue weighted by Crippen LogP contribution is -2.28. The van der Waals surface area contributed by atoms with Gasteiger partial charge < -0.3 is 14.9 Å². The number of nitro groups is 1. The smallest absolute Gasteiger partial charge is 0.269 e. The third kappa shape index (κ3) is 2.73. The molecule has 0 bridgehead atoms. The van der Waals surface area contributed by atoms with Crippen LogP contribution in [0.5, 0.6) is 17.2 Å². The quantitative estimate of drug-likeness (QED) is 0.298. The number of methoxy groups -OCH3 is 1. The van der Waals surface area contributed by atoms with Crippen LogP contribution in [0.3, 0.4) is 0 Å². The maximum absolute atomic E-state index is 11.7. The van der Waals surface area contributed by atoms with Crippen molar-refractivity contribution in [2.24, 2.45) is 0 Å². The zero-order valence-corrected chi connectivity index (χ0v) is 17.1. The van der Waals surface area contributed by atoms with Crippen molar-refractivity contribution in [1.82, 2.24) is 0 Å². The first kappa shape index (κ1) is 19.6. The number of ether oxygens (including phenoxy) is 1. The van der Waals surface area contributed by atoms with Crippen molar-refractivity contribution in [3.63, 3.8) is 0 Å². The van der Waals surface area contributed by atoms with Crippen molar-refractivity contribution in [1.29, 1.82) is 0 Å². The summed E-state index contributed by atoms with van der Waals surface area (Å²) in [6.07, 6.45) is 0. The van der Waals surface area contributed by atoms with Gasteiger partial charge in [-0.3, -0.25) is 10.1 Å². The van der Waals surface area contributed by atoms with Crippen molar-refractivity contribution >= 4 is 5.69 Å². The number of benzene rings is 4. The average Bonchev–Trinajstić information content (AvgIpc) is 3.10. The van der Waals surface area contributed by atoms with Gasteiger partial charge in [-0.2, -0.15) is 0 Å². The number of aromatic hydroxyl groups is 2. The van der Waals surface area contributed by atoms with Gasteiger partial charge in [0.15, 0.2) is 0 Å². The summed E-state index contributed by atoms with van der Waals surface area (Å²) in [6.45, 7) is 0. The third-order valence-electron chi connectivity index (χ3n) is 6.14. The average molecular weight is 425 g/mol. The number of phenolic OH excluding ortho intramolecular Hbond substituents is 2. The Bertz CT molecular complexity index is 1300. The Morgan fingerprint density at radius 2 is 1.25 bits per heavy atom. The van der Waals surface area contributed by atoms with Gasteiger partial charge in [0.2, 0.25) is 0 Å². The van der Waals surface area contributed by atoms with Gasteiger partial charge >= 0.3 is 0 Å². The summed E-state index contributed by atoms with van der Waals surface area (Å²) in [4.78, 5) is 11.3. The summed E-state index contributed by atoms with van der Waals surface area (Å²) in [5.74, 6) is 0.906. The van der Waals surface area contributed by atoms with Crippen LogP contribution in [0.2, 0.25) is 0 Å². The molecule has 32 heavy (non-hydrogen) atoms. The van der Waals surface area contributed by atoms with E-state index in [9.17, 15) is 20.3 Å². The largest absolute Gasteiger partial charge is 0.508 e. The Kier molecular flexibility index (Phi) is 4.37. The molecule has 158 valence electrons. The minimum atomic E-state index is -0.910. The van der Waals surface area contributed by atoms with E-state index < -0.39 is 10.3 Å². The molecule has 4 aromatic carbocycles. The molecule has 0 saturated heterocycles. The van der Waals surface area contributed by atoms with Crippen molar-refractivity contribution in [2.75, 3.05) is 7.11 Å². The molecular formula is C26H19NO5. The highest BCUT2D eigenvalue weighted by atomic mass is 16.6. The van der Waals surface area contributed by atoms with Crippen LogP contribution in [0.4, 0.5) is 5.69 Å². The highest BCUT2D eigenvalue weighted by Crippen LogP contribution is 2.57. The van der Waals surface area contributed by atoms with E-state index in [4.69, 9.17) is 4.74 Å². The van der Waals surface area contributed by atoms with Crippen LogP contribution in [0.15, 0.2) is 84.9 Å². The molecule has 0 fully saturated rings. The first-order valence-corrected chi connectivity index (χ1v) is 10.0. The van der Waals surface area contributed by atoms with Crippen LogP contribution in [0.25, 0.3) is 11.1 Å². The van der Waals surface area contributed by atoms with Gasteiger partial charge in [0.05, 0.1) is 17.4 Å². The molecule has 0 amide bonds. The summed E-state index contributed by atoms with van der Waals surface area (Å²) in [5.41, 5.74) is 4.23. The van der Waals surface area contributed by atoms with Crippen molar-refractivity contribution in [3.05, 3.63) is 117 Å². The number of hydrogen-bond acceptors (Lipinski definition) is 5. The molecular weight excluding hydrogens is 406 g/mol. The Morgan fingerprint density at radius 3 is 1.75 bits per heavy atom. The summed E-state index contributed by atoms with van der Waals surface area (Å²) in [6, 6.07) is 24.4. The maximum atomic E-state index is 11.7. The number of non-ortho nitro benzene ring substituents is 1. The minimum Gasteiger partial charge on any atom is -0.508 e. The second-order valence-electron chi connectivity index (χ2n) is 7.74. The normalized spacial score (nSPS) is 13.3. The topological polar surface area (TPSA) is 92.8 Å². The number of hydrogen-bond donors (Lipinski definition) is 2. The Balaban J connectivity index is 1.96. The first-order valence-electron chi connectivity index (χ1n) is 10.0. The second-order valence-corrected chi connectivity index (χ2v) is 7.74. The molecule has 0 radical (unpaired) electrons. The molecule has 6 heteroatoms. The standard InChI is InChI=1S/C26H19NO5/c1-32-21-11-13-23-22-12-6-18(27(30)31)14-24(22)26(25(23)15-21,16-2-7-19(28)8-3-16)17-4-9-20(29)10-5-17/h2-15,28-29H,1H3. The predicted molar refractivity (Wildman–Crippen MR) is 120 cm³/mol. The molecule has 0 aromatic heterocycles. The highest BCUT2D eigenvalue weighted by Gasteiger charge is 2.47. The fraction of sp³-hybridized carbons (Fsp3) is 0.0769. The predicted octanol–water partition coefficient (Wildman–Crippen LogP) is 5.38. The fourth-order valence-electron chi connectivity index (χ4n) is 4.74. The van der Waals surface area contributed by atoms with Crippen LogP contribution < -0.4 is 4.74 Å². The first-order chi connectivity index (χ1) is 15.4. The summed E-state index contributed by atoms with van der Waals surface area (Å²) in [5, 5.41) is 31.5. The monoisotopic (exact) mass is 425 g/mol. The third-order valence-corrected chi connectivity index (χ3v) is 6.14. The van der Waals surface area contributed by atoms with Crippen molar-refractivity contribution in [2.45, 2.75) is 5.41 Å². The van der Waals surface area contributed by atoms with E-state index in [2.05, 4.69) is 0 Å². The molecule has 0 saturated carbocycles. The van der Waals surface area contributed by atoms with Crippen molar-refractivity contribution in [3.8, 4) is 28.4 Å². The lowest BCUT2D eigenvalue weighted by atomic mass is 9.67. The van der Waals surface area contributed by atoms with E-state index in [0.717, 1.165) is 33.4 Å². The molecule has 4 aromatic rings. The Labute approximate surface area is 184 Å². The van der Waals surface area contributed by atoms with Crippen LogP contribution in [-0.2, 0) is 5.41 Å². The lowest BCUT2D eigenvalue weighted by Gasteiger charge is -2.33. The fourth-order valence-corrected chi connectivity index (χ4v) is 4.74. The molecule has 0 heterocycles. The lowest BCUT2D eigenvalue weighted by molar-refractivity contribution is -0.384. The zero-order valence-electron chi connectivity index (χ0n) is 17.1. The molecule has 1 aliphatic carbocycles. The number of phenols is 2. The molecule has 0 aliphatic heterocycles. The SMILES string of the molecule is COc1ccc2c(c1)C(c1ccc(O)cc1)(c1ccc(O)cc1)c1cc([N+](=O)[O-])ccc1-2. The van der Waals surface area contributed by atoms with E-state index in [0.29, 0.717) is 5.75 Å². The summed E-state index contributed by atoms with van der Waals surface area (Å²) < 4.78 is 5.52. The maximum Gasteiger partial charge on any atom is 0.269 e.